The highest BCUT2D eigenvalue weighted by Crippen LogP contribution is 2.32. The molecule has 0 saturated carbocycles. The van der Waals surface area contributed by atoms with Crippen LogP contribution in [-0.4, -0.2) is 78.8 Å². The number of phenols is 1. The number of anilines is 1. The highest BCUT2D eigenvalue weighted by atomic mass is 16.3. The van der Waals surface area contributed by atoms with Gasteiger partial charge in [-0.1, -0.05) is 42.5 Å². The predicted octanol–water partition coefficient (Wildman–Crippen LogP) is 3.87. The van der Waals surface area contributed by atoms with E-state index in [1.54, 1.807) is 23.7 Å². The third-order valence-corrected chi connectivity index (χ3v) is 10.0. The molecule has 2 fully saturated rings. The van der Waals surface area contributed by atoms with Gasteiger partial charge in [-0.3, -0.25) is 28.9 Å². The SMILES string of the molecule is Cn1c(=O)n(C2CCC(=O)NC2=O)c2ccc(CCCCN3CCN(Cc4ccc(-c5cc(-c6ccccc6O)nnc5N)cc4)CC3)cc21. The molecule has 4 N–H and O–H groups in total. The van der Waals surface area contributed by atoms with E-state index in [0.717, 1.165) is 80.7 Å². The number of carbonyl (C=O) groups is 2. The number of nitrogens with zero attached hydrogens (tertiary/aromatic N) is 6. The maximum absolute atomic E-state index is 13.1. The number of nitrogens with one attached hydrogen (secondary N) is 1. The summed E-state index contributed by atoms with van der Waals surface area (Å²) in [4.78, 5) is 42.2. The molecule has 0 radical (unpaired) electrons. The van der Waals surface area contributed by atoms with E-state index in [1.165, 1.54) is 15.7 Å². The molecule has 1 unspecified atom stereocenters. The largest absolute Gasteiger partial charge is 0.507 e. The molecule has 0 aliphatic carbocycles. The minimum absolute atomic E-state index is 0.151. The Labute approximate surface area is 290 Å². The number of imide groups is 1. The van der Waals surface area contributed by atoms with Gasteiger partial charge in [0.15, 0.2) is 5.82 Å². The van der Waals surface area contributed by atoms with Crippen molar-refractivity contribution in [2.45, 2.75) is 44.7 Å². The van der Waals surface area contributed by atoms with Gasteiger partial charge >= 0.3 is 5.69 Å². The van der Waals surface area contributed by atoms with E-state index in [-0.39, 0.29) is 23.8 Å². The molecule has 2 aliphatic heterocycles. The number of benzene rings is 3. The lowest BCUT2D eigenvalue weighted by Gasteiger charge is -2.34. The van der Waals surface area contributed by atoms with Gasteiger partial charge in [0.25, 0.3) is 0 Å². The topological polar surface area (TPSA) is 152 Å². The van der Waals surface area contributed by atoms with Gasteiger partial charge in [-0.2, -0.15) is 0 Å². The number of nitrogen functional groups attached to an aromatic ring is 1. The Kier molecular flexibility index (Phi) is 9.46. The molecule has 12 heteroatoms. The van der Waals surface area contributed by atoms with Crippen LogP contribution in [0.15, 0.2) is 77.6 Å². The molecule has 1 atom stereocenters. The van der Waals surface area contributed by atoms with Crippen molar-refractivity contribution in [2.24, 2.45) is 7.05 Å². The summed E-state index contributed by atoms with van der Waals surface area (Å²) in [5.74, 6) is -0.206. The summed E-state index contributed by atoms with van der Waals surface area (Å²) in [6, 6.07) is 22.7. The van der Waals surface area contributed by atoms with E-state index in [0.29, 0.717) is 23.5 Å². The van der Waals surface area contributed by atoms with Crippen LogP contribution >= 0.6 is 0 Å². The number of piperazine rings is 1. The summed E-state index contributed by atoms with van der Waals surface area (Å²) in [5, 5.41) is 21.0. The molecule has 3 aromatic carbocycles. The summed E-state index contributed by atoms with van der Waals surface area (Å²) in [7, 11) is 1.73. The summed E-state index contributed by atoms with van der Waals surface area (Å²) in [6.45, 7) is 6.04. The zero-order valence-corrected chi connectivity index (χ0v) is 28.2. The first-order chi connectivity index (χ1) is 24.2. The Bertz CT molecular complexity index is 2100. The first kappa shape index (κ1) is 33.2. The third kappa shape index (κ3) is 6.89. The maximum Gasteiger partial charge on any atom is 0.329 e. The molecule has 7 rings (SSSR count). The van der Waals surface area contributed by atoms with E-state index in [1.807, 2.05) is 30.3 Å². The number of nitrogens with two attached hydrogens (primary N) is 1. The number of hydrogen-bond donors (Lipinski definition) is 3. The second-order valence-electron chi connectivity index (χ2n) is 13.3. The Balaban J connectivity index is 0.879. The van der Waals surface area contributed by atoms with Gasteiger partial charge in [-0.05, 0) is 79.3 Å². The molecule has 12 nitrogen and oxygen atoms in total. The number of phenolic OH excluding ortho intramolecular Hbond substituents is 1. The van der Waals surface area contributed by atoms with Crippen LogP contribution in [0.3, 0.4) is 0 Å². The average Bonchev–Trinajstić information content (AvgIpc) is 3.36. The molecule has 2 amide bonds. The lowest BCUT2D eigenvalue weighted by molar-refractivity contribution is -0.135. The van der Waals surface area contributed by atoms with Crippen LogP contribution in [0.25, 0.3) is 33.4 Å². The fourth-order valence-corrected chi connectivity index (χ4v) is 7.13. The van der Waals surface area contributed by atoms with E-state index in [9.17, 15) is 19.5 Å². The van der Waals surface area contributed by atoms with E-state index >= 15 is 0 Å². The van der Waals surface area contributed by atoms with Gasteiger partial charge in [0.05, 0.1) is 16.7 Å². The van der Waals surface area contributed by atoms with Crippen molar-refractivity contribution in [3.05, 3.63) is 94.4 Å². The van der Waals surface area contributed by atoms with Gasteiger partial charge in [0, 0.05) is 57.3 Å². The Morgan fingerprint density at radius 3 is 2.34 bits per heavy atom. The standard InChI is InChI=1S/C38H42N8O4/c1-43-33-22-25(11-14-31(33)46(38(43)50)32-15-16-35(48)40-37(32)49)6-4-5-17-44-18-20-45(21-19-44)24-26-9-12-27(13-10-26)29-23-30(41-42-36(29)39)28-7-2-3-8-34(28)47/h2-3,7-14,22-23,32,47H,4-6,15-21,24H2,1H3,(H2,39,42)(H,40,48,49). The number of hydrogen-bond acceptors (Lipinski definition) is 9. The second kappa shape index (κ2) is 14.3. The van der Waals surface area contributed by atoms with Crippen LogP contribution in [-0.2, 0) is 29.6 Å². The number of rotatable bonds is 10. The number of carbonyl (C=O) groups excluding carboxylic acids is 2. The summed E-state index contributed by atoms with van der Waals surface area (Å²) in [6.07, 6.45) is 3.62. The number of unbranched alkanes of at least 4 members (excludes halogenated alkanes) is 1. The fraction of sp³-hybridized carbons (Fsp3) is 0.342. The molecular weight excluding hydrogens is 632 g/mol. The quantitative estimate of drug-likeness (QED) is 0.148. The van der Waals surface area contributed by atoms with Crippen molar-refractivity contribution >= 4 is 28.7 Å². The minimum Gasteiger partial charge on any atom is -0.507 e. The average molecular weight is 675 g/mol. The van der Waals surface area contributed by atoms with Crippen molar-refractivity contribution in [3.63, 3.8) is 0 Å². The van der Waals surface area contributed by atoms with Crippen LogP contribution in [0.1, 0.15) is 42.9 Å². The van der Waals surface area contributed by atoms with Gasteiger partial charge in [-0.25, -0.2) is 4.79 Å². The lowest BCUT2D eigenvalue weighted by atomic mass is 10.0. The van der Waals surface area contributed by atoms with Crippen LogP contribution < -0.4 is 16.7 Å². The Morgan fingerprint density at radius 2 is 1.58 bits per heavy atom. The van der Waals surface area contributed by atoms with E-state index in [4.69, 9.17) is 5.73 Å². The van der Waals surface area contributed by atoms with Crippen LogP contribution in [0.4, 0.5) is 5.82 Å². The number of aromatic hydroxyl groups is 1. The van der Waals surface area contributed by atoms with Crippen molar-refractivity contribution in [1.29, 1.82) is 0 Å². The molecule has 2 aliphatic rings. The van der Waals surface area contributed by atoms with Gasteiger partial charge in [0.1, 0.15) is 11.8 Å². The van der Waals surface area contributed by atoms with Crippen molar-refractivity contribution in [1.82, 2.24) is 34.4 Å². The fourth-order valence-electron chi connectivity index (χ4n) is 7.13. The number of imidazole rings is 1. The molecule has 2 aromatic heterocycles. The summed E-state index contributed by atoms with van der Waals surface area (Å²) >= 11 is 0. The number of fused-ring (bicyclic) bond motifs is 1. The zero-order valence-electron chi connectivity index (χ0n) is 28.2. The van der Waals surface area contributed by atoms with E-state index < -0.39 is 11.9 Å². The maximum atomic E-state index is 13.1. The Morgan fingerprint density at radius 1 is 0.840 bits per heavy atom. The second-order valence-corrected chi connectivity index (χ2v) is 13.3. The molecule has 258 valence electrons. The number of piperidine rings is 1. The molecule has 50 heavy (non-hydrogen) atoms. The van der Waals surface area contributed by atoms with Crippen molar-refractivity contribution in [3.8, 4) is 28.1 Å². The lowest BCUT2D eigenvalue weighted by Crippen LogP contribution is -2.46. The van der Waals surface area contributed by atoms with Gasteiger partial charge in [0.2, 0.25) is 11.8 Å². The van der Waals surface area contributed by atoms with Crippen LogP contribution in [0.2, 0.25) is 0 Å². The molecule has 5 aromatic rings. The third-order valence-electron chi connectivity index (χ3n) is 10.0. The zero-order chi connectivity index (χ0) is 34.8. The number of para-hydroxylation sites is 1. The van der Waals surface area contributed by atoms with Crippen LogP contribution in [0.5, 0.6) is 5.75 Å². The highest BCUT2D eigenvalue weighted by molar-refractivity contribution is 6.00. The predicted molar refractivity (Wildman–Crippen MR) is 192 cm³/mol. The molecule has 0 spiro atoms. The summed E-state index contributed by atoms with van der Waals surface area (Å²) < 4.78 is 3.13. The molecule has 4 heterocycles. The van der Waals surface area contributed by atoms with E-state index in [2.05, 4.69) is 55.6 Å². The molecule has 2 saturated heterocycles. The number of aryl methyl sites for hydroxylation is 2. The van der Waals surface area contributed by atoms with Gasteiger partial charge < -0.3 is 15.7 Å². The summed E-state index contributed by atoms with van der Waals surface area (Å²) in [5.41, 5.74) is 12.8. The monoisotopic (exact) mass is 674 g/mol. The van der Waals surface area contributed by atoms with Gasteiger partial charge in [-0.15, -0.1) is 10.2 Å². The van der Waals surface area contributed by atoms with Crippen molar-refractivity contribution in [2.75, 3.05) is 38.5 Å². The normalized spacial score (nSPS) is 17.3. The number of amides is 2. The first-order valence-corrected chi connectivity index (χ1v) is 17.2. The highest BCUT2D eigenvalue weighted by Gasteiger charge is 2.31. The number of aromatic nitrogens is 4. The first-order valence-electron chi connectivity index (χ1n) is 17.2. The molecular formula is C38H42N8O4. The smallest absolute Gasteiger partial charge is 0.329 e. The Hall–Kier alpha value is -5.33. The molecule has 0 bridgehead atoms. The minimum atomic E-state index is -0.669. The van der Waals surface area contributed by atoms with Crippen molar-refractivity contribution < 1.29 is 14.7 Å². The van der Waals surface area contributed by atoms with Crippen LogP contribution in [0, 0.1) is 0 Å².